The smallest absolute Gasteiger partial charge is 0.259 e. The molecule has 6 nitrogen and oxygen atoms in total. The molecule has 0 spiro atoms. The molecule has 1 unspecified atom stereocenters. The van der Waals surface area contributed by atoms with E-state index >= 15 is 0 Å². The number of ether oxygens (including phenoxy) is 1. The second-order valence-electron chi connectivity index (χ2n) is 5.00. The monoisotopic (exact) mass is 292 g/mol. The van der Waals surface area contributed by atoms with Crippen molar-refractivity contribution in [2.45, 2.75) is 25.4 Å². The Labute approximate surface area is 119 Å². The van der Waals surface area contributed by atoms with Crippen molar-refractivity contribution in [3.63, 3.8) is 0 Å². The number of piperidine rings is 1. The molecule has 1 atom stereocenters. The van der Waals surface area contributed by atoms with Gasteiger partial charge >= 0.3 is 0 Å². The van der Waals surface area contributed by atoms with Crippen LogP contribution in [-0.4, -0.2) is 35.8 Å². The fraction of sp³-hybridized carbons (Fsp3) is 0.357. The van der Waals surface area contributed by atoms with Crippen LogP contribution in [0.15, 0.2) is 12.1 Å². The number of amides is 3. The van der Waals surface area contributed by atoms with Gasteiger partial charge in [0.2, 0.25) is 11.8 Å². The quantitative estimate of drug-likeness (QED) is 0.810. The minimum absolute atomic E-state index is 0.00345. The molecule has 2 aliphatic rings. The molecule has 0 radical (unpaired) electrons. The maximum Gasteiger partial charge on any atom is 0.259 e. The number of hydrogen-bond donors (Lipinski definition) is 1. The number of nitrogens with one attached hydrogen (secondary N) is 1. The topological polar surface area (TPSA) is 75.7 Å². The molecule has 3 rings (SSSR count). The maximum absolute atomic E-state index is 13.9. The second kappa shape index (κ2) is 4.83. The zero-order valence-corrected chi connectivity index (χ0v) is 11.3. The summed E-state index contributed by atoms with van der Waals surface area (Å²) in [5.41, 5.74) is 0.381. The highest BCUT2D eigenvalue weighted by molar-refractivity contribution is 6.06. The van der Waals surface area contributed by atoms with E-state index in [1.165, 1.54) is 24.1 Å². The first-order valence-electron chi connectivity index (χ1n) is 6.53. The molecule has 0 aliphatic carbocycles. The Morgan fingerprint density at radius 3 is 2.76 bits per heavy atom. The molecule has 2 aliphatic heterocycles. The fourth-order valence-electron chi connectivity index (χ4n) is 2.78. The Morgan fingerprint density at radius 1 is 1.33 bits per heavy atom. The molecule has 1 N–H and O–H groups in total. The maximum atomic E-state index is 13.9. The Balaban J connectivity index is 1.95. The highest BCUT2D eigenvalue weighted by atomic mass is 19.1. The van der Waals surface area contributed by atoms with Crippen molar-refractivity contribution in [3.05, 3.63) is 29.1 Å². The number of carbonyl (C=O) groups excluding carboxylic acids is 3. The first-order valence-corrected chi connectivity index (χ1v) is 6.53. The van der Waals surface area contributed by atoms with E-state index in [-0.39, 0.29) is 42.2 Å². The van der Waals surface area contributed by atoms with Crippen LogP contribution in [0, 0.1) is 5.82 Å². The van der Waals surface area contributed by atoms with E-state index in [1.54, 1.807) is 0 Å². The SMILES string of the molecule is COc1ccc(F)c2c1C(=O)N(C1CCC(=O)NC1=O)C2. The predicted octanol–water partition coefficient (Wildman–Crippen LogP) is 0.595. The van der Waals surface area contributed by atoms with Crippen LogP contribution in [-0.2, 0) is 16.1 Å². The molecule has 0 saturated carbocycles. The molecule has 1 fully saturated rings. The zero-order valence-electron chi connectivity index (χ0n) is 11.3. The number of rotatable bonds is 2. The molecular formula is C14H13FN2O4. The molecule has 110 valence electrons. The van der Waals surface area contributed by atoms with E-state index in [0.717, 1.165) is 0 Å². The van der Waals surface area contributed by atoms with Gasteiger partial charge in [0.05, 0.1) is 19.2 Å². The van der Waals surface area contributed by atoms with Gasteiger partial charge in [-0.25, -0.2) is 4.39 Å². The Hall–Kier alpha value is -2.44. The van der Waals surface area contributed by atoms with Gasteiger partial charge in [-0.3, -0.25) is 19.7 Å². The van der Waals surface area contributed by atoms with Crippen LogP contribution in [0.5, 0.6) is 5.75 Å². The summed E-state index contributed by atoms with van der Waals surface area (Å²) in [5, 5.41) is 2.20. The molecule has 7 heteroatoms. The van der Waals surface area contributed by atoms with Gasteiger partial charge in [-0.1, -0.05) is 0 Å². The van der Waals surface area contributed by atoms with E-state index in [4.69, 9.17) is 4.74 Å². The molecule has 0 bridgehead atoms. The first-order chi connectivity index (χ1) is 10.0. The molecule has 21 heavy (non-hydrogen) atoms. The average molecular weight is 292 g/mol. The van der Waals surface area contributed by atoms with E-state index in [0.29, 0.717) is 0 Å². The second-order valence-corrected chi connectivity index (χ2v) is 5.00. The molecule has 1 aromatic carbocycles. The predicted molar refractivity (Wildman–Crippen MR) is 69.0 cm³/mol. The minimum atomic E-state index is -0.758. The highest BCUT2D eigenvalue weighted by Gasteiger charge is 2.41. The molecule has 1 aromatic rings. The third-order valence-corrected chi connectivity index (χ3v) is 3.83. The summed E-state index contributed by atoms with van der Waals surface area (Å²) in [5.74, 6) is -1.55. The van der Waals surface area contributed by atoms with E-state index in [2.05, 4.69) is 5.32 Å². The van der Waals surface area contributed by atoms with Gasteiger partial charge in [-0.2, -0.15) is 0 Å². The van der Waals surface area contributed by atoms with E-state index in [9.17, 15) is 18.8 Å². The number of halogens is 1. The zero-order chi connectivity index (χ0) is 15.1. The lowest BCUT2D eigenvalue weighted by atomic mass is 10.0. The lowest BCUT2D eigenvalue weighted by Gasteiger charge is -2.29. The van der Waals surface area contributed by atoms with E-state index in [1.807, 2.05) is 0 Å². The number of nitrogens with zero attached hydrogens (tertiary/aromatic N) is 1. The summed E-state index contributed by atoms with van der Waals surface area (Å²) >= 11 is 0. The summed E-state index contributed by atoms with van der Waals surface area (Å²) in [7, 11) is 1.40. The van der Waals surface area contributed by atoms with Crippen LogP contribution in [0.1, 0.15) is 28.8 Å². The summed E-state index contributed by atoms with van der Waals surface area (Å²) in [6.07, 6.45) is 0.407. The van der Waals surface area contributed by atoms with Crippen LogP contribution in [0.4, 0.5) is 4.39 Å². The third kappa shape index (κ3) is 2.05. The van der Waals surface area contributed by atoms with Crippen LogP contribution >= 0.6 is 0 Å². The number of hydrogen-bond acceptors (Lipinski definition) is 4. The highest BCUT2D eigenvalue weighted by Crippen LogP contribution is 2.34. The van der Waals surface area contributed by atoms with Gasteiger partial charge in [0.15, 0.2) is 0 Å². The van der Waals surface area contributed by atoms with Crippen molar-refractivity contribution in [3.8, 4) is 5.75 Å². The Bertz CT molecular complexity index is 659. The average Bonchev–Trinajstić information content (AvgIpc) is 2.79. The molecule has 0 aromatic heterocycles. The van der Waals surface area contributed by atoms with Crippen molar-refractivity contribution >= 4 is 17.7 Å². The number of fused-ring (bicyclic) bond motifs is 1. The third-order valence-electron chi connectivity index (χ3n) is 3.83. The summed E-state index contributed by atoms with van der Waals surface area (Å²) in [6, 6.07) is 1.87. The van der Waals surface area contributed by atoms with Gasteiger partial charge in [0, 0.05) is 12.0 Å². The molecular weight excluding hydrogens is 279 g/mol. The van der Waals surface area contributed by atoms with Crippen LogP contribution in [0.2, 0.25) is 0 Å². The standard InChI is InChI=1S/C14H13FN2O4/c1-21-10-4-2-8(15)7-6-17(14(20)12(7)10)9-3-5-11(18)16-13(9)19/h2,4,9H,3,5-6H2,1H3,(H,16,18,19). The fourth-order valence-corrected chi connectivity index (χ4v) is 2.78. The van der Waals surface area contributed by atoms with Crippen LogP contribution in [0.3, 0.4) is 0 Å². The van der Waals surface area contributed by atoms with Gasteiger partial charge in [0.1, 0.15) is 17.6 Å². The summed E-state index contributed by atoms with van der Waals surface area (Å²) in [4.78, 5) is 36.8. The van der Waals surface area contributed by atoms with Gasteiger partial charge in [-0.05, 0) is 18.6 Å². The number of benzene rings is 1. The summed E-state index contributed by atoms with van der Waals surface area (Å²) < 4.78 is 19.0. The van der Waals surface area contributed by atoms with Gasteiger partial charge in [0.25, 0.3) is 5.91 Å². The first kappa shape index (κ1) is 13.5. The van der Waals surface area contributed by atoms with E-state index < -0.39 is 23.7 Å². The molecule has 3 amide bonds. The lowest BCUT2D eigenvalue weighted by Crippen LogP contribution is -2.52. The summed E-state index contributed by atoms with van der Waals surface area (Å²) in [6.45, 7) is 0.00345. The van der Waals surface area contributed by atoms with Crippen LogP contribution < -0.4 is 10.1 Å². The van der Waals surface area contributed by atoms with Crippen molar-refractivity contribution in [1.29, 1.82) is 0 Å². The molecule has 1 saturated heterocycles. The molecule has 2 heterocycles. The normalized spacial score (nSPS) is 21.3. The van der Waals surface area contributed by atoms with Gasteiger partial charge < -0.3 is 9.64 Å². The Morgan fingerprint density at radius 2 is 2.10 bits per heavy atom. The van der Waals surface area contributed by atoms with Crippen molar-refractivity contribution in [2.24, 2.45) is 0 Å². The number of imide groups is 1. The minimum Gasteiger partial charge on any atom is -0.496 e. The van der Waals surface area contributed by atoms with Crippen molar-refractivity contribution < 1.29 is 23.5 Å². The largest absolute Gasteiger partial charge is 0.496 e. The Kier molecular flexibility index (Phi) is 3.12. The van der Waals surface area contributed by atoms with Crippen molar-refractivity contribution in [2.75, 3.05) is 7.11 Å². The number of carbonyl (C=O) groups is 3. The number of methoxy groups -OCH3 is 1. The van der Waals surface area contributed by atoms with Crippen LogP contribution in [0.25, 0.3) is 0 Å². The van der Waals surface area contributed by atoms with Crippen molar-refractivity contribution in [1.82, 2.24) is 10.2 Å². The lowest BCUT2D eigenvalue weighted by molar-refractivity contribution is -0.136. The van der Waals surface area contributed by atoms with Gasteiger partial charge in [-0.15, -0.1) is 0 Å².